The third-order valence-corrected chi connectivity index (χ3v) is 6.01. The summed E-state index contributed by atoms with van der Waals surface area (Å²) in [5.74, 6) is 0.610. The zero-order valence-corrected chi connectivity index (χ0v) is 16.9. The second-order valence-electron chi connectivity index (χ2n) is 7.53. The van der Waals surface area contributed by atoms with E-state index in [9.17, 15) is 4.79 Å². The fourth-order valence-electron chi connectivity index (χ4n) is 3.62. The van der Waals surface area contributed by atoms with E-state index in [1.807, 2.05) is 26.0 Å². The third kappa shape index (κ3) is 4.89. The molecule has 0 heterocycles. The highest BCUT2D eigenvalue weighted by molar-refractivity contribution is 6.32. The lowest BCUT2D eigenvalue weighted by Gasteiger charge is -2.43. The minimum Gasteiger partial charge on any atom is -0.481 e. The number of carbonyl (C=O) groups is 1. The van der Waals surface area contributed by atoms with Crippen molar-refractivity contribution in [2.24, 2.45) is 0 Å². The Morgan fingerprint density at radius 2 is 1.80 bits per heavy atom. The highest BCUT2D eigenvalue weighted by Gasteiger charge is 2.34. The van der Waals surface area contributed by atoms with Crippen LogP contribution in [-0.2, 0) is 4.79 Å². The van der Waals surface area contributed by atoms with E-state index in [4.69, 9.17) is 16.3 Å². The first-order valence-electron chi connectivity index (χ1n) is 9.14. The molecule has 1 fully saturated rings. The van der Waals surface area contributed by atoms with Gasteiger partial charge in [-0.15, -0.1) is 0 Å². The minimum atomic E-state index is -0.539. The van der Waals surface area contributed by atoms with Crippen LogP contribution >= 0.6 is 11.6 Å². The monoisotopic (exact) mass is 366 g/mol. The van der Waals surface area contributed by atoms with E-state index < -0.39 is 6.10 Å². The maximum absolute atomic E-state index is 12.5. The highest BCUT2D eigenvalue weighted by Crippen LogP contribution is 2.31. The van der Waals surface area contributed by atoms with Crippen LogP contribution in [0.1, 0.15) is 50.2 Å². The molecule has 140 valence electrons. The molecular weight excluding hydrogens is 336 g/mol. The van der Waals surface area contributed by atoms with Gasteiger partial charge >= 0.3 is 0 Å². The lowest BCUT2D eigenvalue weighted by atomic mass is 9.80. The Kier molecular flexibility index (Phi) is 6.75. The van der Waals surface area contributed by atoms with Gasteiger partial charge in [-0.2, -0.15) is 0 Å². The first kappa shape index (κ1) is 20.1. The number of ether oxygens (including phenoxy) is 1. The molecule has 5 heteroatoms. The SMILES string of the molecule is Cc1cc(O[C@H](C)C(=O)NCC2(N(C)C)CCCCC2)cc(C)c1Cl. The number of hydrogen-bond donors (Lipinski definition) is 1. The molecule has 1 saturated carbocycles. The molecule has 1 N–H and O–H groups in total. The van der Waals surface area contributed by atoms with E-state index in [-0.39, 0.29) is 11.4 Å². The van der Waals surface area contributed by atoms with Crippen molar-refractivity contribution in [1.82, 2.24) is 10.2 Å². The average molecular weight is 367 g/mol. The summed E-state index contributed by atoms with van der Waals surface area (Å²) >= 11 is 6.19. The number of amides is 1. The molecule has 25 heavy (non-hydrogen) atoms. The van der Waals surface area contributed by atoms with E-state index in [0.717, 1.165) is 29.0 Å². The number of halogens is 1. The Hall–Kier alpha value is -1.26. The van der Waals surface area contributed by atoms with Crippen LogP contribution in [0.25, 0.3) is 0 Å². The van der Waals surface area contributed by atoms with E-state index in [1.165, 1.54) is 19.3 Å². The lowest BCUT2D eigenvalue weighted by Crippen LogP contribution is -2.55. The summed E-state index contributed by atoms with van der Waals surface area (Å²) in [6, 6.07) is 3.75. The molecule has 0 aromatic heterocycles. The Balaban J connectivity index is 1.96. The molecule has 1 aliphatic rings. The van der Waals surface area contributed by atoms with Gasteiger partial charge in [-0.25, -0.2) is 0 Å². The van der Waals surface area contributed by atoms with Gasteiger partial charge in [0.2, 0.25) is 0 Å². The van der Waals surface area contributed by atoms with Gasteiger partial charge in [0.1, 0.15) is 5.75 Å². The zero-order chi connectivity index (χ0) is 18.6. The Bertz CT molecular complexity index is 587. The van der Waals surface area contributed by atoms with Gasteiger partial charge in [0.25, 0.3) is 5.91 Å². The van der Waals surface area contributed by atoms with Crippen molar-refractivity contribution in [3.05, 3.63) is 28.3 Å². The van der Waals surface area contributed by atoms with Crippen molar-refractivity contribution < 1.29 is 9.53 Å². The first-order valence-corrected chi connectivity index (χ1v) is 9.51. The fourth-order valence-corrected chi connectivity index (χ4v) is 3.73. The Morgan fingerprint density at radius 3 is 2.32 bits per heavy atom. The van der Waals surface area contributed by atoms with Crippen LogP contribution in [0.2, 0.25) is 5.02 Å². The van der Waals surface area contributed by atoms with Crippen LogP contribution in [0.15, 0.2) is 12.1 Å². The van der Waals surface area contributed by atoms with Gasteiger partial charge in [0.15, 0.2) is 6.10 Å². The molecule has 1 aromatic carbocycles. The maximum atomic E-state index is 12.5. The summed E-state index contributed by atoms with van der Waals surface area (Å²) in [6.07, 6.45) is 5.46. The van der Waals surface area contributed by atoms with Crippen LogP contribution in [0.5, 0.6) is 5.75 Å². The summed E-state index contributed by atoms with van der Waals surface area (Å²) in [4.78, 5) is 14.8. The van der Waals surface area contributed by atoms with Crippen LogP contribution in [-0.4, -0.2) is 43.1 Å². The zero-order valence-electron chi connectivity index (χ0n) is 16.1. The van der Waals surface area contributed by atoms with Crippen molar-refractivity contribution in [2.75, 3.05) is 20.6 Å². The minimum absolute atomic E-state index is 0.0705. The van der Waals surface area contributed by atoms with E-state index in [1.54, 1.807) is 6.92 Å². The quantitative estimate of drug-likeness (QED) is 0.823. The number of carbonyl (C=O) groups excluding carboxylic acids is 1. The molecule has 1 amide bonds. The number of nitrogens with zero attached hydrogens (tertiary/aromatic N) is 1. The van der Waals surface area contributed by atoms with Gasteiger partial charge in [-0.1, -0.05) is 30.9 Å². The molecule has 0 aliphatic heterocycles. The number of nitrogens with one attached hydrogen (secondary N) is 1. The number of benzene rings is 1. The van der Waals surface area contributed by atoms with Gasteiger partial charge < -0.3 is 15.0 Å². The fraction of sp³-hybridized carbons (Fsp3) is 0.650. The molecule has 0 spiro atoms. The second kappa shape index (κ2) is 8.41. The maximum Gasteiger partial charge on any atom is 0.260 e. The smallest absolute Gasteiger partial charge is 0.260 e. The van der Waals surface area contributed by atoms with Crippen LogP contribution in [0, 0.1) is 13.8 Å². The molecule has 1 aromatic rings. The number of likely N-dealkylation sites (N-methyl/N-ethyl adjacent to an activating group) is 1. The van der Waals surface area contributed by atoms with E-state index >= 15 is 0 Å². The summed E-state index contributed by atoms with van der Waals surface area (Å²) < 4.78 is 5.84. The highest BCUT2D eigenvalue weighted by atomic mass is 35.5. The summed E-state index contributed by atoms with van der Waals surface area (Å²) in [5.41, 5.74) is 1.98. The van der Waals surface area contributed by atoms with Crippen molar-refractivity contribution in [3.8, 4) is 5.75 Å². The van der Waals surface area contributed by atoms with Gasteiger partial charge in [-0.05, 0) is 71.0 Å². The van der Waals surface area contributed by atoms with E-state index in [2.05, 4.69) is 24.3 Å². The normalized spacial score (nSPS) is 18.0. The van der Waals surface area contributed by atoms with Crippen LogP contribution in [0.4, 0.5) is 0 Å². The topological polar surface area (TPSA) is 41.6 Å². The molecule has 0 unspecified atom stereocenters. The van der Waals surface area contributed by atoms with Gasteiger partial charge in [0.05, 0.1) is 0 Å². The van der Waals surface area contributed by atoms with Crippen molar-refractivity contribution >= 4 is 17.5 Å². The predicted molar refractivity (Wildman–Crippen MR) is 104 cm³/mol. The van der Waals surface area contributed by atoms with Gasteiger partial charge in [-0.3, -0.25) is 4.79 Å². The van der Waals surface area contributed by atoms with Crippen LogP contribution in [0.3, 0.4) is 0 Å². The van der Waals surface area contributed by atoms with Crippen molar-refractivity contribution in [1.29, 1.82) is 0 Å². The number of aryl methyl sites for hydroxylation is 2. The van der Waals surface area contributed by atoms with Gasteiger partial charge in [0, 0.05) is 17.1 Å². The molecular formula is C20H31ClN2O2. The third-order valence-electron chi connectivity index (χ3n) is 5.42. The predicted octanol–water partition coefficient (Wildman–Crippen LogP) is 4.10. The summed E-state index contributed by atoms with van der Waals surface area (Å²) in [7, 11) is 4.22. The molecule has 0 radical (unpaired) electrons. The summed E-state index contributed by atoms with van der Waals surface area (Å²) in [6.45, 7) is 6.34. The van der Waals surface area contributed by atoms with Crippen molar-refractivity contribution in [3.63, 3.8) is 0 Å². The molecule has 0 saturated heterocycles. The molecule has 4 nitrogen and oxygen atoms in total. The first-order chi connectivity index (χ1) is 11.7. The van der Waals surface area contributed by atoms with Crippen LogP contribution < -0.4 is 10.1 Å². The van der Waals surface area contributed by atoms with Crippen molar-refractivity contribution in [2.45, 2.75) is 64.5 Å². The largest absolute Gasteiger partial charge is 0.481 e. The molecule has 1 atom stereocenters. The standard InChI is InChI=1S/C20H31ClN2O2/c1-14-11-17(12-15(2)18(14)21)25-16(3)19(24)22-13-20(23(4)5)9-7-6-8-10-20/h11-12,16H,6-10,13H2,1-5H3,(H,22,24)/t16-/m1/s1. The Morgan fingerprint density at radius 1 is 1.24 bits per heavy atom. The average Bonchev–Trinajstić information content (AvgIpc) is 2.58. The number of hydrogen-bond acceptors (Lipinski definition) is 3. The lowest BCUT2D eigenvalue weighted by molar-refractivity contribution is -0.128. The summed E-state index contributed by atoms with van der Waals surface area (Å²) in [5, 5.41) is 3.85. The molecule has 2 rings (SSSR count). The molecule has 1 aliphatic carbocycles. The molecule has 0 bridgehead atoms. The number of rotatable bonds is 6. The second-order valence-corrected chi connectivity index (χ2v) is 7.91. The van der Waals surface area contributed by atoms with E-state index in [0.29, 0.717) is 12.3 Å². The Labute approximate surface area is 156 Å².